The Morgan fingerprint density at radius 2 is 2.20 bits per heavy atom. The van der Waals surface area contributed by atoms with E-state index in [0.717, 1.165) is 0 Å². The van der Waals surface area contributed by atoms with Gasteiger partial charge in [-0.25, -0.2) is 4.98 Å². The zero-order valence-electron chi connectivity index (χ0n) is 10.7. The van der Waals surface area contributed by atoms with Crippen molar-refractivity contribution in [3.05, 3.63) is 17.2 Å². The third-order valence-electron chi connectivity index (χ3n) is 3.21. The standard InChI is InChI=1S/C12H11N5O3/c1-7-15-8(4-13)10(5-14)17(7)9-2-3-16(12(9)20)6-11(18)19/h9H,2-3,6H2,1H3,(H,18,19). The molecular formula is C12H11N5O3. The van der Waals surface area contributed by atoms with Gasteiger partial charge in [0.25, 0.3) is 0 Å². The normalized spacial score (nSPS) is 17.9. The number of aromatic nitrogens is 2. The van der Waals surface area contributed by atoms with E-state index < -0.39 is 12.0 Å². The Morgan fingerprint density at radius 3 is 2.75 bits per heavy atom. The van der Waals surface area contributed by atoms with Gasteiger partial charge in [-0.05, 0) is 13.3 Å². The SMILES string of the molecule is Cc1nc(C#N)c(C#N)n1C1CCN(CC(=O)O)C1=O. The van der Waals surface area contributed by atoms with Crippen LogP contribution in [0.25, 0.3) is 0 Å². The maximum absolute atomic E-state index is 12.2. The number of likely N-dealkylation sites (tertiary alicyclic amines) is 1. The molecule has 0 spiro atoms. The fourth-order valence-electron chi connectivity index (χ4n) is 2.39. The van der Waals surface area contributed by atoms with Gasteiger partial charge in [-0.1, -0.05) is 0 Å². The van der Waals surface area contributed by atoms with Gasteiger partial charge in [0.2, 0.25) is 5.91 Å². The van der Waals surface area contributed by atoms with Gasteiger partial charge >= 0.3 is 5.97 Å². The number of carbonyl (C=O) groups excluding carboxylic acids is 1. The van der Waals surface area contributed by atoms with Gasteiger partial charge in [0.05, 0.1) is 0 Å². The minimum absolute atomic E-state index is 0.0190. The number of imidazole rings is 1. The van der Waals surface area contributed by atoms with E-state index in [4.69, 9.17) is 15.6 Å². The fraction of sp³-hybridized carbons (Fsp3) is 0.417. The molecule has 0 aromatic carbocycles. The number of amides is 1. The minimum Gasteiger partial charge on any atom is -0.480 e. The van der Waals surface area contributed by atoms with E-state index in [9.17, 15) is 9.59 Å². The average Bonchev–Trinajstić information content (AvgIpc) is 2.90. The summed E-state index contributed by atoms with van der Waals surface area (Å²) in [6.45, 7) is 1.55. The van der Waals surface area contributed by atoms with Gasteiger partial charge in [-0.2, -0.15) is 10.5 Å². The van der Waals surface area contributed by atoms with Crippen LogP contribution in [0.15, 0.2) is 0 Å². The Hall–Kier alpha value is -2.87. The van der Waals surface area contributed by atoms with Crippen molar-refractivity contribution in [3.8, 4) is 12.1 Å². The van der Waals surface area contributed by atoms with Gasteiger partial charge in [0.1, 0.15) is 30.5 Å². The summed E-state index contributed by atoms with van der Waals surface area (Å²) >= 11 is 0. The van der Waals surface area contributed by atoms with Gasteiger partial charge in [0.15, 0.2) is 11.4 Å². The molecule has 8 heteroatoms. The Bertz CT molecular complexity index is 664. The van der Waals surface area contributed by atoms with Gasteiger partial charge < -0.3 is 14.6 Å². The summed E-state index contributed by atoms with van der Waals surface area (Å²) in [6.07, 6.45) is 0.392. The van der Waals surface area contributed by atoms with Crippen LogP contribution in [0, 0.1) is 29.6 Å². The second-order valence-corrected chi connectivity index (χ2v) is 4.41. The lowest BCUT2D eigenvalue weighted by Crippen LogP contribution is -2.33. The molecule has 1 fully saturated rings. The second kappa shape index (κ2) is 5.02. The Balaban J connectivity index is 2.38. The van der Waals surface area contributed by atoms with E-state index in [1.54, 1.807) is 6.92 Å². The molecule has 0 aliphatic carbocycles. The van der Waals surface area contributed by atoms with E-state index in [1.807, 2.05) is 12.1 Å². The van der Waals surface area contributed by atoms with Crippen LogP contribution in [-0.4, -0.2) is 44.5 Å². The first-order valence-corrected chi connectivity index (χ1v) is 5.89. The second-order valence-electron chi connectivity index (χ2n) is 4.41. The largest absolute Gasteiger partial charge is 0.480 e. The summed E-state index contributed by atoms with van der Waals surface area (Å²) in [5.41, 5.74) is 0.0232. The molecule has 1 amide bonds. The fourth-order valence-corrected chi connectivity index (χ4v) is 2.39. The summed E-state index contributed by atoms with van der Waals surface area (Å²) in [7, 11) is 0. The molecule has 1 unspecified atom stereocenters. The molecule has 1 aromatic heterocycles. The van der Waals surface area contributed by atoms with E-state index in [0.29, 0.717) is 18.8 Å². The van der Waals surface area contributed by atoms with Crippen molar-refractivity contribution >= 4 is 11.9 Å². The smallest absolute Gasteiger partial charge is 0.323 e. The molecule has 1 aromatic rings. The quantitative estimate of drug-likeness (QED) is 0.812. The molecule has 0 bridgehead atoms. The van der Waals surface area contributed by atoms with Crippen LogP contribution in [0.3, 0.4) is 0 Å². The molecule has 0 saturated carbocycles. The first-order chi connectivity index (χ1) is 9.49. The van der Waals surface area contributed by atoms with Crippen LogP contribution in [0.5, 0.6) is 0 Å². The molecule has 0 radical (unpaired) electrons. The third-order valence-corrected chi connectivity index (χ3v) is 3.21. The number of carbonyl (C=O) groups is 2. The van der Waals surface area contributed by atoms with Crippen molar-refractivity contribution in [2.24, 2.45) is 0 Å². The summed E-state index contributed by atoms with van der Waals surface area (Å²) in [4.78, 5) is 28.0. The van der Waals surface area contributed by atoms with E-state index >= 15 is 0 Å². The van der Waals surface area contributed by atoms with Crippen LogP contribution in [0.4, 0.5) is 0 Å². The maximum atomic E-state index is 12.2. The first kappa shape index (κ1) is 13.6. The monoisotopic (exact) mass is 273 g/mol. The Kier molecular flexibility index (Phi) is 3.40. The molecule has 1 saturated heterocycles. The highest BCUT2D eigenvalue weighted by Crippen LogP contribution is 2.27. The van der Waals surface area contributed by atoms with Crippen molar-refractivity contribution in [1.82, 2.24) is 14.5 Å². The Labute approximate surface area is 114 Å². The van der Waals surface area contributed by atoms with Crippen molar-refractivity contribution in [2.45, 2.75) is 19.4 Å². The number of carboxylic acids is 1. The summed E-state index contributed by atoms with van der Waals surface area (Å²) in [5, 5.41) is 26.8. The maximum Gasteiger partial charge on any atom is 0.323 e. The zero-order chi connectivity index (χ0) is 14.9. The summed E-state index contributed by atoms with van der Waals surface area (Å²) < 4.78 is 1.42. The molecule has 1 aliphatic heterocycles. The summed E-state index contributed by atoms with van der Waals surface area (Å²) in [6, 6.07) is 3.03. The van der Waals surface area contributed by atoms with Gasteiger partial charge in [0, 0.05) is 6.54 Å². The highest BCUT2D eigenvalue weighted by molar-refractivity contribution is 5.86. The predicted octanol–water partition coefficient (Wildman–Crippen LogP) is -0.207. The number of carboxylic acid groups (broad SMARTS) is 1. The number of aryl methyl sites for hydroxylation is 1. The van der Waals surface area contributed by atoms with Crippen LogP contribution in [0.2, 0.25) is 0 Å². The molecule has 102 valence electrons. The van der Waals surface area contributed by atoms with Gasteiger partial charge in [-0.15, -0.1) is 0 Å². The molecule has 1 aliphatic rings. The highest BCUT2D eigenvalue weighted by atomic mass is 16.4. The minimum atomic E-state index is -1.08. The molecule has 1 N–H and O–H groups in total. The van der Waals surface area contributed by atoms with Crippen LogP contribution in [0.1, 0.15) is 29.7 Å². The lowest BCUT2D eigenvalue weighted by molar-refractivity contribution is -0.143. The zero-order valence-corrected chi connectivity index (χ0v) is 10.7. The number of nitriles is 2. The molecule has 1 atom stereocenters. The van der Waals surface area contributed by atoms with Gasteiger partial charge in [-0.3, -0.25) is 9.59 Å². The Morgan fingerprint density at radius 1 is 1.50 bits per heavy atom. The third kappa shape index (κ3) is 2.08. The number of aliphatic carboxylic acids is 1. The summed E-state index contributed by atoms with van der Waals surface area (Å²) in [5.74, 6) is -1.05. The number of hydrogen-bond acceptors (Lipinski definition) is 5. The predicted molar refractivity (Wildman–Crippen MR) is 64.3 cm³/mol. The lowest BCUT2D eigenvalue weighted by Gasteiger charge is -2.16. The molecule has 20 heavy (non-hydrogen) atoms. The highest BCUT2D eigenvalue weighted by Gasteiger charge is 2.36. The van der Waals surface area contributed by atoms with Crippen LogP contribution in [-0.2, 0) is 9.59 Å². The number of rotatable bonds is 3. The molecule has 8 nitrogen and oxygen atoms in total. The van der Waals surface area contributed by atoms with Crippen LogP contribution >= 0.6 is 0 Å². The van der Waals surface area contributed by atoms with E-state index in [2.05, 4.69) is 4.98 Å². The van der Waals surface area contributed by atoms with E-state index in [1.165, 1.54) is 9.47 Å². The first-order valence-electron chi connectivity index (χ1n) is 5.89. The van der Waals surface area contributed by atoms with Crippen molar-refractivity contribution in [2.75, 3.05) is 13.1 Å². The molecular weight excluding hydrogens is 262 g/mol. The number of hydrogen-bond donors (Lipinski definition) is 1. The average molecular weight is 273 g/mol. The molecule has 2 rings (SSSR count). The van der Waals surface area contributed by atoms with Crippen molar-refractivity contribution < 1.29 is 14.7 Å². The topological polar surface area (TPSA) is 123 Å². The van der Waals surface area contributed by atoms with Crippen molar-refractivity contribution in [3.63, 3.8) is 0 Å². The van der Waals surface area contributed by atoms with Crippen LogP contribution < -0.4 is 0 Å². The number of nitrogens with zero attached hydrogens (tertiary/aromatic N) is 5. The molecule has 2 heterocycles. The van der Waals surface area contributed by atoms with Crippen molar-refractivity contribution in [1.29, 1.82) is 10.5 Å². The van der Waals surface area contributed by atoms with E-state index in [-0.39, 0.29) is 23.8 Å². The lowest BCUT2D eigenvalue weighted by atomic mass is 10.2.